The van der Waals surface area contributed by atoms with Crippen molar-refractivity contribution in [2.45, 2.75) is 11.5 Å². The van der Waals surface area contributed by atoms with Crippen LogP contribution in [-0.2, 0) is 16.6 Å². The van der Waals surface area contributed by atoms with Crippen LogP contribution < -0.4 is 9.88 Å². The molecule has 19 heavy (non-hydrogen) atoms. The predicted octanol–water partition coefficient (Wildman–Crippen LogP) is 2.68. The van der Waals surface area contributed by atoms with Crippen LogP contribution in [0.25, 0.3) is 0 Å². The lowest BCUT2D eigenvalue weighted by atomic mass is 10.2. The van der Waals surface area contributed by atoms with E-state index in [1.807, 2.05) is 30.3 Å². The molecule has 0 aliphatic rings. The molecule has 0 unspecified atom stereocenters. The Balaban J connectivity index is 2.23. The summed E-state index contributed by atoms with van der Waals surface area (Å²) in [5.74, 6) is 0.440. The van der Waals surface area contributed by atoms with Crippen LogP contribution >= 0.6 is 15.9 Å². The lowest BCUT2D eigenvalue weighted by Gasteiger charge is -2.10. The summed E-state index contributed by atoms with van der Waals surface area (Å²) >= 11 is 3.21. The summed E-state index contributed by atoms with van der Waals surface area (Å²) in [5.41, 5.74) is 0.996. The molecule has 100 valence electrons. The normalized spacial score (nSPS) is 11.3. The largest absolute Gasteiger partial charge is 0.488 e. The van der Waals surface area contributed by atoms with Crippen molar-refractivity contribution in [3.05, 3.63) is 58.6 Å². The number of benzene rings is 2. The third-order valence-electron chi connectivity index (χ3n) is 2.47. The Morgan fingerprint density at radius 2 is 1.74 bits per heavy atom. The van der Waals surface area contributed by atoms with Gasteiger partial charge >= 0.3 is 0 Å². The zero-order chi connectivity index (χ0) is 13.9. The van der Waals surface area contributed by atoms with Gasteiger partial charge in [-0.05, 0) is 33.6 Å². The van der Waals surface area contributed by atoms with Crippen LogP contribution in [0, 0.1) is 0 Å². The molecule has 0 saturated carbocycles. The molecule has 0 bridgehead atoms. The van der Waals surface area contributed by atoms with Crippen molar-refractivity contribution in [2.24, 2.45) is 5.14 Å². The summed E-state index contributed by atoms with van der Waals surface area (Å²) in [4.78, 5) is 0.0121. The molecule has 0 heterocycles. The van der Waals surface area contributed by atoms with Crippen molar-refractivity contribution in [1.82, 2.24) is 0 Å². The van der Waals surface area contributed by atoms with Crippen LogP contribution in [0.4, 0.5) is 0 Å². The molecule has 2 N–H and O–H groups in total. The Morgan fingerprint density at radius 1 is 1.05 bits per heavy atom. The van der Waals surface area contributed by atoms with Gasteiger partial charge in [0.15, 0.2) is 0 Å². The molecule has 0 atom stereocenters. The molecule has 2 aromatic rings. The summed E-state index contributed by atoms with van der Waals surface area (Å²) in [6, 6.07) is 14.3. The molecule has 0 amide bonds. The summed E-state index contributed by atoms with van der Waals surface area (Å²) < 4.78 is 28.7. The topological polar surface area (TPSA) is 69.4 Å². The van der Waals surface area contributed by atoms with Crippen LogP contribution in [0.2, 0.25) is 0 Å². The highest BCUT2D eigenvalue weighted by atomic mass is 79.9. The van der Waals surface area contributed by atoms with E-state index in [-0.39, 0.29) is 4.90 Å². The van der Waals surface area contributed by atoms with Crippen LogP contribution in [0.1, 0.15) is 5.56 Å². The smallest absolute Gasteiger partial charge is 0.239 e. The number of halogens is 1. The first-order valence-electron chi connectivity index (χ1n) is 5.46. The average Bonchev–Trinajstić information content (AvgIpc) is 2.37. The molecule has 0 aliphatic heterocycles. The van der Waals surface area contributed by atoms with Gasteiger partial charge in [0, 0.05) is 0 Å². The van der Waals surface area contributed by atoms with Gasteiger partial charge in [-0.2, -0.15) is 0 Å². The maximum atomic E-state index is 11.4. The van der Waals surface area contributed by atoms with Gasteiger partial charge in [-0.3, -0.25) is 0 Å². The van der Waals surface area contributed by atoms with E-state index in [4.69, 9.17) is 9.88 Å². The number of primary sulfonamides is 1. The van der Waals surface area contributed by atoms with Crippen molar-refractivity contribution in [2.75, 3.05) is 0 Å². The fraction of sp³-hybridized carbons (Fsp3) is 0.0769. The highest BCUT2D eigenvalue weighted by Crippen LogP contribution is 2.31. The van der Waals surface area contributed by atoms with E-state index in [1.54, 1.807) is 12.1 Å². The van der Waals surface area contributed by atoms with Gasteiger partial charge in [-0.25, -0.2) is 13.6 Å². The second kappa shape index (κ2) is 5.73. The minimum Gasteiger partial charge on any atom is -0.488 e. The fourth-order valence-electron chi connectivity index (χ4n) is 1.56. The quantitative estimate of drug-likeness (QED) is 0.929. The lowest BCUT2D eigenvalue weighted by molar-refractivity contribution is 0.303. The number of ether oxygens (including phenoxy) is 1. The van der Waals surface area contributed by atoms with Crippen LogP contribution in [-0.4, -0.2) is 8.42 Å². The maximum Gasteiger partial charge on any atom is 0.239 e. The third-order valence-corrected chi connectivity index (χ3v) is 4.51. The monoisotopic (exact) mass is 341 g/mol. The predicted molar refractivity (Wildman–Crippen MR) is 76.3 cm³/mol. The van der Waals surface area contributed by atoms with Gasteiger partial charge in [-0.1, -0.05) is 36.4 Å². The van der Waals surface area contributed by atoms with E-state index < -0.39 is 10.0 Å². The number of hydrogen-bond acceptors (Lipinski definition) is 3. The Hall–Kier alpha value is -1.37. The van der Waals surface area contributed by atoms with Gasteiger partial charge in [0.05, 0.1) is 9.37 Å². The van der Waals surface area contributed by atoms with E-state index >= 15 is 0 Å². The Labute approximate surface area is 120 Å². The fourth-order valence-corrected chi connectivity index (χ4v) is 3.23. The molecule has 6 heteroatoms. The van der Waals surface area contributed by atoms with E-state index in [0.29, 0.717) is 16.8 Å². The number of rotatable bonds is 4. The molecule has 0 spiro atoms. The summed E-state index contributed by atoms with van der Waals surface area (Å²) in [7, 11) is -3.77. The standard InChI is InChI=1S/C13H12BrNO3S/c14-13-11(7-4-8-12(13)19(15,16)17)18-9-10-5-2-1-3-6-10/h1-8H,9H2,(H2,15,16,17). The van der Waals surface area contributed by atoms with Crippen molar-refractivity contribution in [1.29, 1.82) is 0 Å². The second-order valence-corrected chi connectivity index (χ2v) is 6.21. The van der Waals surface area contributed by atoms with Crippen molar-refractivity contribution in [3.8, 4) is 5.75 Å². The highest BCUT2D eigenvalue weighted by molar-refractivity contribution is 9.10. The third kappa shape index (κ3) is 3.56. The van der Waals surface area contributed by atoms with Gasteiger partial charge in [0.25, 0.3) is 0 Å². The molecule has 0 radical (unpaired) electrons. The number of sulfonamides is 1. The first kappa shape index (κ1) is 14.0. The van der Waals surface area contributed by atoms with Gasteiger partial charge in [0.1, 0.15) is 12.4 Å². The lowest BCUT2D eigenvalue weighted by Crippen LogP contribution is -2.13. The molecular weight excluding hydrogens is 330 g/mol. The van der Waals surface area contributed by atoms with E-state index in [9.17, 15) is 8.42 Å². The molecule has 0 saturated heterocycles. The van der Waals surface area contributed by atoms with Crippen molar-refractivity contribution >= 4 is 26.0 Å². The molecule has 2 aromatic carbocycles. The van der Waals surface area contributed by atoms with Crippen molar-refractivity contribution in [3.63, 3.8) is 0 Å². The zero-order valence-corrected chi connectivity index (χ0v) is 12.3. The molecule has 2 rings (SSSR count). The van der Waals surface area contributed by atoms with E-state index in [2.05, 4.69) is 15.9 Å². The van der Waals surface area contributed by atoms with Gasteiger partial charge in [-0.15, -0.1) is 0 Å². The van der Waals surface area contributed by atoms with Crippen LogP contribution in [0.5, 0.6) is 5.75 Å². The van der Waals surface area contributed by atoms with E-state index in [0.717, 1.165) is 5.56 Å². The minimum atomic E-state index is -3.77. The van der Waals surface area contributed by atoms with Crippen LogP contribution in [0.3, 0.4) is 0 Å². The number of nitrogens with two attached hydrogens (primary N) is 1. The highest BCUT2D eigenvalue weighted by Gasteiger charge is 2.15. The molecular formula is C13H12BrNO3S. The Kier molecular flexibility index (Phi) is 4.24. The SMILES string of the molecule is NS(=O)(=O)c1cccc(OCc2ccccc2)c1Br. The summed E-state index contributed by atoms with van der Waals surface area (Å²) in [6.45, 7) is 0.355. The average molecular weight is 342 g/mol. The molecule has 0 aromatic heterocycles. The molecule has 0 fully saturated rings. The van der Waals surface area contributed by atoms with Crippen molar-refractivity contribution < 1.29 is 13.2 Å². The minimum absolute atomic E-state index is 0.0121. The summed E-state index contributed by atoms with van der Waals surface area (Å²) in [5, 5.41) is 5.12. The molecule has 0 aliphatic carbocycles. The summed E-state index contributed by atoms with van der Waals surface area (Å²) in [6.07, 6.45) is 0. The Bertz CT molecular complexity index is 672. The van der Waals surface area contributed by atoms with Crippen LogP contribution in [0.15, 0.2) is 57.9 Å². The zero-order valence-electron chi connectivity index (χ0n) is 9.91. The second-order valence-electron chi connectivity index (χ2n) is 3.89. The maximum absolute atomic E-state index is 11.4. The van der Waals surface area contributed by atoms with Gasteiger partial charge in [0.2, 0.25) is 10.0 Å². The first-order valence-corrected chi connectivity index (χ1v) is 7.80. The number of hydrogen-bond donors (Lipinski definition) is 1. The molecule has 4 nitrogen and oxygen atoms in total. The van der Waals surface area contributed by atoms with E-state index in [1.165, 1.54) is 6.07 Å². The Morgan fingerprint density at radius 3 is 2.37 bits per heavy atom. The first-order chi connectivity index (χ1) is 8.98. The van der Waals surface area contributed by atoms with Gasteiger partial charge < -0.3 is 4.74 Å².